The lowest BCUT2D eigenvalue weighted by atomic mass is 10.1. The van der Waals surface area contributed by atoms with Crippen LogP contribution in [0.4, 0.5) is 40.6 Å². The lowest BCUT2D eigenvalue weighted by molar-refractivity contribution is -0.274. The van der Waals surface area contributed by atoms with Gasteiger partial charge in [-0.2, -0.15) is 0 Å². The van der Waals surface area contributed by atoms with Gasteiger partial charge in [-0.25, -0.2) is 14.4 Å². The van der Waals surface area contributed by atoms with Crippen molar-refractivity contribution in [3.05, 3.63) is 61.1 Å². The number of nitrogens with one attached hydrogen (secondary N) is 2. The minimum absolute atomic E-state index is 0.0127. The van der Waals surface area contributed by atoms with Crippen molar-refractivity contribution in [2.75, 3.05) is 48.9 Å². The lowest BCUT2D eigenvalue weighted by Crippen LogP contribution is -2.36. The third kappa shape index (κ3) is 6.68. The summed E-state index contributed by atoms with van der Waals surface area (Å²) in [4.78, 5) is 21.9. The fraction of sp³-hybridized carbons (Fsp3) is 0.240. The number of hydrogen-bond donors (Lipinski definition) is 2. The van der Waals surface area contributed by atoms with E-state index >= 15 is 0 Å². The number of hydrogen-bond acceptors (Lipinski definition) is 8. The highest BCUT2D eigenvalue weighted by Gasteiger charge is 2.33. The van der Waals surface area contributed by atoms with Gasteiger partial charge in [-0.15, -0.1) is 13.2 Å². The molecule has 0 unspecified atom stereocenters. The van der Waals surface area contributed by atoms with Crippen molar-refractivity contribution in [2.45, 2.75) is 6.36 Å². The van der Waals surface area contributed by atoms with Crippen molar-refractivity contribution < 1.29 is 36.6 Å². The first-order valence-corrected chi connectivity index (χ1v) is 11.3. The number of nitrogens with zero attached hydrogens (tertiary/aromatic N) is 3. The van der Waals surface area contributed by atoms with E-state index in [9.17, 15) is 22.4 Å². The summed E-state index contributed by atoms with van der Waals surface area (Å²) in [6.07, 6.45) is -3.25. The second-order valence-electron chi connectivity index (χ2n) is 7.99. The minimum Gasteiger partial charge on any atom is -0.495 e. The van der Waals surface area contributed by atoms with E-state index < -0.39 is 23.8 Å². The summed E-state index contributed by atoms with van der Waals surface area (Å²) in [5, 5.41) is 5.32. The minimum atomic E-state index is -5.05. The van der Waals surface area contributed by atoms with E-state index in [1.165, 1.54) is 6.07 Å². The maximum atomic E-state index is 14.4. The van der Waals surface area contributed by atoms with Gasteiger partial charge in [-0.1, -0.05) is 6.58 Å². The Morgan fingerprint density at radius 1 is 1.13 bits per heavy atom. The maximum Gasteiger partial charge on any atom is 0.573 e. The zero-order valence-corrected chi connectivity index (χ0v) is 20.1. The molecule has 0 bridgehead atoms. The molecule has 0 spiro atoms. The normalized spacial score (nSPS) is 13.6. The van der Waals surface area contributed by atoms with Crippen LogP contribution >= 0.6 is 0 Å². The van der Waals surface area contributed by atoms with Gasteiger partial charge in [0.2, 0.25) is 11.9 Å². The van der Waals surface area contributed by atoms with E-state index in [2.05, 4.69) is 36.8 Å². The SMILES string of the molecule is C=CC(=O)Nc1cc(F)cc(-c2nc(Nc3ccc(OC)c(N4CCOCC4)c3)ncc2OC(F)(F)F)c1. The van der Waals surface area contributed by atoms with Crippen LogP contribution in [0.1, 0.15) is 0 Å². The van der Waals surface area contributed by atoms with Crippen LogP contribution in [-0.2, 0) is 9.53 Å². The van der Waals surface area contributed by atoms with Gasteiger partial charge in [0.05, 0.1) is 32.2 Å². The molecule has 1 aromatic heterocycles. The topological polar surface area (TPSA) is 97.8 Å². The average molecular weight is 533 g/mol. The number of benzene rings is 2. The standard InChI is InChI=1S/C25H23F4N5O4/c1-3-22(35)31-18-11-15(10-16(26)12-18)23-21(38-25(27,28)29)14-30-24(33-23)32-17-4-5-20(36-2)19(13-17)34-6-8-37-9-7-34/h3-5,10-14H,1,6-9H2,2H3,(H,31,35)(H,30,32,33). The first-order chi connectivity index (χ1) is 18.1. The molecule has 1 amide bonds. The van der Waals surface area contributed by atoms with Crippen molar-refractivity contribution in [3.63, 3.8) is 0 Å². The lowest BCUT2D eigenvalue weighted by Gasteiger charge is -2.30. The Morgan fingerprint density at radius 2 is 1.89 bits per heavy atom. The van der Waals surface area contributed by atoms with Gasteiger partial charge >= 0.3 is 6.36 Å². The van der Waals surface area contributed by atoms with Crippen molar-refractivity contribution in [3.8, 4) is 22.8 Å². The molecule has 1 aliphatic rings. The van der Waals surface area contributed by atoms with Crippen LogP contribution in [0.25, 0.3) is 11.3 Å². The first kappa shape index (κ1) is 26.7. The van der Waals surface area contributed by atoms with Crippen molar-refractivity contribution >= 4 is 28.9 Å². The second kappa shape index (κ2) is 11.3. The van der Waals surface area contributed by atoms with E-state index in [1.54, 1.807) is 25.3 Å². The van der Waals surface area contributed by atoms with Crippen molar-refractivity contribution in [2.24, 2.45) is 0 Å². The third-order valence-electron chi connectivity index (χ3n) is 5.39. The number of aromatic nitrogens is 2. The number of methoxy groups -OCH3 is 1. The Labute approximate surface area is 215 Å². The second-order valence-corrected chi connectivity index (χ2v) is 7.99. The summed E-state index contributed by atoms with van der Waals surface area (Å²) in [5.41, 5.74) is 0.862. The molecule has 1 saturated heterocycles. The Bertz CT molecular complexity index is 1330. The molecular formula is C25H23F4N5O4. The molecule has 4 rings (SSSR count). The Kier molecular flexibility index (Phi) is 7.96. The van der Waals surface area contributed by atoms with Crippen molar-refractivity contribution in [1.29, 1.82) is 0 Å². The Morgan fingerprint density at radius 3 is 2.58 bits per heavy atom. The van der Waals surface area contributed by atoms with Gasteiger partial charge in [0.1, 0.15) is 17.3 Å². The summed E-state index contributed by atoms with van der Waals surface area (Å²) in [7, 11) is 1.55. The van der Waals surface area contributed by atoms with Gasteiger partial charge in [0, 0.05) is 30.0 Å². The number of anilines is 4. The summed E-state index contributed by atoms with van der Waals surface area (Å²) in [6, 6.07) is 8.43. The smallest absolute Gasteiger partial charge is 0.495 e. The summed E-state index contributed by atoms with van der Waals surface area (Å²) in [5.74, 6) is -1.65. The number of rotatable bonds is 8. The molecular weight excluding hydrogens is 510 g/mol. The van der Waals surface area contributed by atoms with Gasteiger partial charge in [0.25, 0.3) is 0 Å². The molecule has 1 fully saturated rings. The van der Waals surface area contributed by atoms with Crippen LogP contribution in [0.5, 0.6) is 11.5 Å². The molecule has 0 saturated carbocycles. The molecule has 1 aliphatic heterocycles. The molecule has 38 heavy (non-hydrogen) atoms. The molecule has 9 nitrogen and oxygen atoms in total. The fourth-order valence-corrected chi connectivity index (χ4v) is 3.78. The molecule has 2 N–H and O–H groups in total. The molecule has 0 atom stereocenters. The number of carbonyl (C=O) groups excluding carboxylic acids is 1. The Hall–Kier alpha value is -4.39. The summed E-state index contributed by atoms with van der Waals surface area (Å²) >= 11 is 0. The zero-order valence-electron chi connectivity index (χ0n) is 20.1. The number of alkyl halides is 3. The van der Waals surface area contributed by atoms with Gasteiger partial charge in [-0.05, 0) is 42.5 Å². The van der Waals surface area contributed by atoms with E-state index in [0.717, 1.165) is 30.1 Å². The molecule has 2 aromatic carbocycles. The number of morpholine rings is 1. The highest BCUT2D eigenvalue weighted by Crippen LogP contribution is 2.36. The number of carbonyl (C=O) groups is 1. The van der Waals surface area contributed by atoms with E-state index in [1.807, 2.05) is 0 Å². The average Bonchev–Trinajstić information content (AvgIpc) is 2.88. The fourth-order valence-electron chi connectivity index (χ4n) is 3.78. The molecule has 3 aromatic rings. The maximum absolute atomic E-state index is 14.4. The van der Waals surface area contributed by atoms with Crippen LogP contribution in [0.2, 0.25) is 0 Å². The highest BCUT2D eigenvalue weighted by molar-refractivity contribution is 5.99. The molecule has 200 valence electrons. The van der Waals surface area contributed by atoms with Crippen LogP contribution < -0.4 is 25.0 Å². The van der Waals surface area contributed by atoms with Crippen LogP contribution in [0.15, 0.2) is 55.3 Å². The van der Waals surface area contributed by atoms with Crippen LogP contribution in [0, 0.1) is 5.82 Å². The zero-order chi connectivity index (χ0) is 27.3. The summed E-state index contributed by atoms with van der Waals surface area (Å²) < 4.78 is 68.6. The monoisotopic (exact) mass is 533 g/mol. The summed E-state index contributed by atoms with van der Waals surface area (Å²) in [6.45, 7) is 5.71. The van der Waals surface area contributed by atoms with Crippen molar-refractivity contribution in [1.82, 2.24) is 9.97 Å². The number of ether oxygens (including phenoxy) is 3. The molecule has 2 heterocycles. The molecule has 13 heteroatoms. The van der Waals surface area contributed by atoms with Crippen LogP contribution in [0.3, 0.4) is 0 Å². The van der Waals surface area contributed by atoms with E-state index in [4.69, 9.17) is 9.47 Å². The molecule has 0 radical (unpaired) electrons. The van der Waals surface area contributed by atoms with E-state index in [0.29, 0.717) is 37.7 Å². The highest BCUT2D eigenvalue weighted by atomic mass is 19.4. The first-order valence-electron chi connectivity index (χ1n) is 11.3. The number of halogens is 4. The van der Waals surface area contributed by atoms with Gasteiger partial charge in [0.15, 0.2) is 5.75 Å². The predicted octanol–water partition coefficient (Wildman–Crippen LogP) is 4.89. The largest absolute Gasteiger partial charge is 0.573 e. The molecule has 0 aliphatic carbocycles. The van der Waals surface area contributed by atoms with Gasteiger partial charge in [-0.3, -0.25) is 4.79 Å². The quantitative estimate of drug-likeness (QED) is 0.312. The predicted molar refractivity (Wildman–Crippen MR) is 132 cm³/mol. The van der Waals surface area contributed by atoms with Gasteiger partial charge < -0.3 is 29.7 Å². The Balaban J connectivity index is 1.71. The number of amides is 1. The third-order valence-corrected chi connectivity index (χ3v) is 5.39. The van der Waals surface area contributed by atoms with E-state index in [-0.39, 0.29) is 22.9 Å². The van der Waals surface area contributed by atoms with Crippen LogP contribution in [-0.4, -0.2) is 55.7 Å².